The van der Waals surface area contributed by atoms with Gasteiger partial charge in [0.05, 0.1) is 12.2 Å². The Labute approximate surface area is 146 Å². The molecule has 0 amide bonds. The van der Waals surface area contributed by atoms with Gasteiger partial charge in [-0.3, -0.25) is 4.21 Å². The summed E-state index contributed by atoms with van der Waals surface area (Å²) in [6, 6.07) is 0. The molecule has 1 atom stereocenters. The zero-order valence-electron chi connectivity index (χ0n) is 15.1. The molecular weight excluding hydrogens is 328 g/mol. The van der Waals surface area contributed by atoms with Crippen LogP contribution >= 0.6 is 11.3 Å². The number of thiazole rings is 1. The van der Waals surface area contributed by atoms with Crippen molar-refractivity contribution in [2.24, 2.45) is 4.99 Å². The molecule has 0 radical (unpaired) electrons. The lowest BCUT2D eigenvalue weighted by molar-refractivity contribution is 0.647. The molecule has 2 N–H and O–H groups in total. The van der Waals surface area contributed by atoms with Crippen LogP contribution in [0.4, 0.5) is 0 Å². The second kappa shape index (κ2) is 9.37. The van der Waals surface area contributed by atoms with E-state index in [4.69, 9.17) is 0 Å². The zero-order valence-corrected chi connectivity index (χ0v) is 16.7. The van der Waals surface area contributed by atoms with E-state index in [-0.39, 0.29) is 4.75 Å². The number of hydrogen-bond donors (Lipinski definition) is 2. The molecule has 1 rings (SSSR count). The summed E-state index contributed by atoms with van der Waals surface area (Å²) < 4.78 is 11.9. The van der Waals surface area contributed by atoms with Gasteiger partial charge in [-0.2, -0.15) is 0 Å². The number of nitrogens with zero attached hydrogens (tertiary/aromatic N) is 2. The lowest BCUT2D eigenvalue weighted by Gasteiger charge is -2.18. The number of aromatic nitrogens is 1. The monoisotopic (exact) mass is 358 g/mol. The van der Waals surface area contributed by atoms with Crippen molar-refractivity contribution in [3.63, 3.8) is 0 Å². The highest BCUT2D eigenvalue weighted by atomic mass is 32.2. The molecule has 132 valence electrons. The summed E-state index contributed by atoms with van der Waals surface area (Å²) in [5.74, 6) is 1.81. The SMILES string of the molecule is CCNC(=NCc1nc(C(C)C)cs1)NCCS(=O)C(C)(C)C. The molecule has 0 aromatic carbocycles. The van der Waals surface area contributed by atoms with Gasteiger partial charge in [0.1, 0.15) is 5.01 Å². The van der Waals surface area contributed by atoms with Crippen LogP contribution in [0, 0.1) is 0 Å². The average molecular weight is 359 g/mol. The Bertz CT molecular complexity index is 532. The predicted octanol–water partition coefficient (Wildman–Crippen LogP) is 2.87. The molecule has 0 saturated carbocycles. The van der Waals surface area contributed by atoms with E-state index in [1.165, 1.54) is 0 Å². The number of hydrogen-bond acceptors (Lipinski definition) is 4. The molecule has 1 unspecified atom stereocenters. The number of nitrogens with one attached hydrogen (secondary N) is 2. The van der Waals surface area contributed by atoms with E-state index >= 15 is 0 Å². The van der Waals surface area contributed by atoms with Gasteiger partial charge in [0.2, 0.25) is 0 Å². The molecule has 7 heteroatoms. The van der Waals surface area contributed by atoms with E-state index in [0.29, 0.717) is 24.8 Å². The summed E-state index contributed by atoms with van der Waals surface area (Å²) in [7, 11) is -0.855. The summed E-state index contributed by atoms with van der Waals surface area (Å²) in [6.45, 7) is 14.3. The quantitative estimate of drug-likeness (QED) is 0.581. The minimum Gasteiger partial charge on any atom is -0.357 e. The summed E-state index contributed by atoms with van der Waals surface area (Å²) in [4.78, 5) is 9.15. The van der Waals surface area contributed by atoms with Crippen molar-refractivity contribution in [3.05, 3.63) is 16.1 Å². The van der Waals surface area contributed by atoms with Crippen LogP contribution in [0.25, 0.3) is 0 Å². The predicted molar refractivity (Wildman–Crippen MR) is 102 cm³/mol. The van der Waals surface area contributed by atoms with Crippen molar-refractivity contribution in [2.75, 3.05) is 18.8 Å². The van der Waals surface area contributed by atoms with Gasteiger partial charge in [-0.15, -0.1) is 11.3 Å². The van der Waals surface area contributed by atoms with Crippen molar-refractivity contribution >= 4 is 28.1 Å². The fourth-order valence-corrected chi connectivity index (χ4v) is 3.50. The lowest BCUT2D eigenvalue weighted by atomic mass is 10.2. The van der Waals surface area contributed by atoms with Crippen LogP contribution in [0.2, 0.25) is 0 Å². The first-order valence-electron chi connectivity index (χ1n) is 8.09. The summed E-state index contributed by atoms with van der Waals surface area (Å²) in [6.07, 6.45) is 0. The highest BCUT2D eigenvalue weighted by Gasteiger charge is 2.18. The highest BCUT2D eigenvalue weighted by Crippen LogP contribution is 2.18. The van der Waals surface area contributed by atoms with Crippen molar-refractivity contribution < 1.29 is 4.21 Å². The Morgan fingerprint density at radius 2 is 2.09 bits per heavy atom. The summed E-state index contributed by atoms with van der Waals surface area (Å²) >= 11 is 1.65. The zero-order chi connectivity index (χ0) is 17.5. The van der Waals surface area contributed by atoms with Gasteiger partial charge in [-0.1, -0.05) is 13.8 Å². The Balaban J connectivity index is 2.54. The molecule has 1 aromatic rings. The van der Waals surface area contributed by atoms with Crippen LogP contribution in [0.3, 0.4) is 0 Å². The lowest BCUT2D eigenvalue weighted by Crippen LogP contribution is -2.40. The largest absolute Gasteiger partial charge is 0.357 e. The molecule has 5 nitrogen and oxygen atoms in total. The van der Waals surface area contributed by atoms with Gasteiger partial charge in [0, 0.05) is 39.8 Å². The summed E-state index contributed by atoms with van der Waals surface area (Å²) in [5, 5.41) is 9.58. The average Bonchev–Trinajstić information content (AvgIpc) is 2.92. The Morgan fingerprint density at radius 3 is 2.61 bits per heavy atom. The minimum atomic E-state index is -0.855. The highest BCUT2D eigenvalue weighted by molar-refractivity contribution is 7.86. The normalized spacial score (nSPS) is 14.1. The van der Waals surface area contributed by atoms with Crippen LogP contribution in [-0.2, 0) is 17.3 Å². The Kier molecular flexibility index (Phi) is 8.19. The molecule has 0 aliphatic heterocycles. The van der Waals surface area contributed by atoms with Crippen LogP contribution in [0.5, 0.6) is 0 Å². The van der Waals surface area contributed by atoms with Crippen LogP contribution in [-0.4, -0.2) is 38.7 Å². The number of guanidine groups is 1. The molecular formula is C16H30N4OS2. The molecule has 0 fully saturated rings. The third kappa shape index (κ3) is 7.44. The van der Waals surface area contributed by atoms with E-state index in [0.717, 1.165) is 23.2 Å². The smallest absolute Gasteiger partial charge is 0.191 e. The summed E-state index contributed by atoms with van der Waals surface area (Å²) in [5.41, 5.74) is 1.12. The molecule has 1 aromatic heterocycles. The maximum Gasteiger partial charge on any atom is 0.191 e. The van der Waals surface area contributed by atoms with Gasteiger partial charge in [0.25, 0.3) is 0 Å². The molecule has 23 heavy (non-hydrogen) atoms. The standard InChI is InChI=1S/C16H30N4OS2/c1-7-17-15(18-8-9-23(21)16(4,5)6)19-10-14-20-13(11-22-14)12(2)3/h11-12H,7-10H2,1-6H3,(H2,17,18,19). The van der Waals surface area contributed by atoms with Crippen LogP contribution in [0.15, 0.2) is 10.4 Å². The van der Waals surface area contributed by atoms with Gasteiger partial charge in [-0.05, 0) is 33.6 Å². The van der Waals surface area contributed by atoms with Crippen molar-refractivity contribution in [1.82, 2.24) is 15.6 Å². The van der Waals surface area contributed by atoms with E-state index in [1.807, 2.05) is 27.7 Å². The van der Waals surface area contributed by atoms with Gasteiger partial charge in [-0.25, -0.2) is 9.98 Å². The number of rotatable bonds is 7. The van der Waals surface area contributed by atoms with Crippen molar-refractivity contribution in [3.8, 4) is 0 Å². The van der Waals surface area contributed by atoms with Crippen LogP contribution < -0.4 is 10.6 Å². The molecule has 0 bridgehead atoms. The molecule has 1 heterocycles. The van der Waals surface area contributed by atoms with E-state index in [1.54, 1.807) is 11.3 Å². The first kappa shape index (κ1) is 20.1. The second-order valence-corrected chi connectivity index (χ2v) is 9.87. The van der Waals surface area contributed by atoms with Crippen molar-refractivity contribution in [1.29, 1.82) is 0 Å². The van der Waals surface area contributed by atoms with Crippen molar-refractivity contribution in [2.45, 2.75) is 58.8 Å². The van der Waals surface area contributed by atoms with Crippen LogP contribution in [0.1, 0.15) is 58.2 Å². The van der Waals surface area contributed by atoms with E-state index < -0.39 is 10.8 Å². The minimum absolute atomic E-state index is 0.175. The van der Waals surface area contributed by atoms with Gasteiger partial charge in [0.15, 0.2) is 5.96 Å². The third-order valence-corrected chi connectivity index (χ3v) is 5.93. The number of aliphatic imine (C=N–C) groups is 1. The fourth-order valence-electron chi connectivity index (χ4n) is 1.72. The van der Waals surface area contributed by atoms with Gasteiger partial charge < -0.3 is 10.6 Å². The van der Waals surface area contributed by atoms with E-state index in [9.17, 15) is 4.21 Å². The maximum atomic E-state index is 12.1. The molecule has 0 saturated heterocycles. The molecule has 0 aliphatic carbocycles. The topological polar surface area (TPSA) is 66.4 Å². The Hall–Kier alpha value is -0.950. The third-order valence-electron chi connectivity index (χ3n) is 3.14. The second-order valence-electron chi connectivity index (χ2n) is 6.60. The maximum absolute atomic E-state index is 12.1. The van der Waals surface area contributed by atoms with E-state index in [2.05, 4.69) is 39.8 Å². The molecule has 0 aliphatic rings. The first-order valence-corrected chi connectivity index (χ1v) is 10.3. The first-order chi connectivity index (χ1) is 10.7. The van der Waals surface area contributed by atoms with Gasteiger partial charge >= 0.3 is 0 Å². The fraction of sp³-hybridized carbons (Fsp3) is 0.750. The molecule has 0 spiro atoms. The Morgan fingerprint density at radius 1 is 1.39 bits per heavy atom.